The van der Waals surface area contributed by atoms with Gasteiger partial charge in [0.2, 0.25) is 0 Å². The van der Waals surface area contributed by atoms with Gasteiger partial charge in [0.15, 0.2) is 5.11 Å². The van der Waals surface area contributed by atoms with Crippen molar-refractivity contribution in [2.24, 2.45) is 0 Å². The van der Waals surface area contributed by atoms with Gasteiger partial charge >= 0.3 is 0 Å². The molecule has 0 spiro atoms. The number of morpholine rings is 1. The van der Waals surface area contributed by atoms with E-state index in [2.05, 4.69) is 26.6 Å². The summed E-state index contributed by atoms with van der Waals surface area (Å²) in [4.78, 5) is 25.6. The maximum absolute atomic E-state index is 12.6. The fourth-order valence-corrected chi connectivity index (χ4v) is 3.94. The van der Waals surface area contributed by atoms with Gasteiger partial charge in [0.1, 0.15) is 17.2 Å². The maximum atomic E-state index is 12.6. The lowest BCUT2D eigenvalue weighted by atomic mass is 10.1. The molecule has 0 unspecified atom stereocenters. The number of nitrogens with one attached hydrogen (secondary N) is 2. The van der Waals surface area contributed by atoms with Crippen LogP contribution >= 0.6 is 28.1 Å². The highest BCUT2D eigenvalue weighted by Gasteiger charge is 2.23. The molecule has 3 aromatic rings. The van der Waals surface area contributed by atoms with Gasteiger partial charge in [0.25, 0.3) is 11.6 Å². The van der Waals surface area contributed by atoms with Crippen LogP contribution in [0, 0.1) is 10.1 Å². The molecular weight excluding hydrogens is 524 g/mol. The number of anilines is 1. The van der Waals surface area contributed by atoms with E-state index in [9.17, 15) is 14.9 Å². The lowest BCUT2D eigenvalue weighted by Crippen LogP contribution is -2.39. The summed E-state index contributed by atoms with van der Waals surface area (Å²) in [6.45, 7) is 2.37. The minimum Gasteiger partial charge on any atom is -0.459 e. The van der Waals surface area contributed by atoms with Crippen LogP contribution in [0.2, 0.25) is 0 Å². The van der Waals surface area contributed by atoms with Crippen molar-refractivity contribution in [3.8, 4) is 11.3 Å². The van der Waals surface area contributed by atoms with Gasteiger partial charge < -0.3 is 19.4 Å². The van der Waals surface area contributed by atoms with Crippen LogP contribution in [-0.4, -0.2) is 42.2 Å². The van der Waals surface area contributed by atoms with Crippen LogP contribution in [0.25, 0.3) is 11.3 Å². The third-order valence-corrected chi connectivity index (χ3v) is 6.00. The highest BCUT2D eigenvalue weighted by atomic mass is 79.9. The molecule has 9 nitrogen and oxygen atoms in total. The van der Waals surface area contributed by atoms with Crippen LogP contribution in [-0.2, 0) is 11.3 Å². The largest absolute Gasteiger partial charge is 0.459 e. The number of nitro groups is 1. The van der Waals surface area contributed by atoms with Crippen LogP contribution in [0.5, 0.6) is 0 Å². The zero-order valence-electron chi connectivity index (χ0n) is 18.0. The third kappa shape index (κ3) is 5.79. The number of nitro benzene ring substituents is 1. The highest BCUT2D eigenvalue weighted by molar-refractivity contribution is 9.10. The summed E-state index contributed by atoms with van der Waals surface area (Å²) in [5.74, 6) is 0.816. The number of furan rings is 1. The summed E-state index contributed by atoms with van der Waals surface area (Å²) < 4.78 is 12.1. The normalized spacial score (nSPS) is 13.4. The molecule has 1 fully saturated rings. The Bertz CT molecular complexity index is 1210. The molecule has 1 aliphatic rings. The van der Waals surface area contributed by atoms with Gasteiger partial charge in [-0.1, -0.05) is 28.1 Å². The molecule has 11 heteroatoms. The fourth-order valence-electron chi connectivity index (χ4n) is 3.51. The molecule has 1 saturated heterocycles. The SMILES string of the molecule is O=C(NC(=S)NCc1ccc(-c2ccc(Br)cc2)o1)c1ccc(N2CCOCC2)c([N+](=O)[O-])c1. The van der Waals surface area contributed by atoms with E-state index >= 15 is 0 Å². The van der Waals surface area contributed by atoms with E-state index in [0.29, 0.717) is 43.5 Å². The Morgan fingerprint density at radius 3 is 2.56 bits per heavy atom. The second-order valence-electron chi connectivity index (χ2n) is 7.47. The average Bonchev–Trinajstić information content (AvgIpc) is 3.32. The fraction of sp³-hybridized carbons (Fsp3) is 0.217. The second-order valence-corrected chi connectivity index (χ2v) is 8.79. The summed E-state index contributed by atoms with van der Waals surface area (Å²) >= 11 is 8.61. The molecule has 0 radical (unpaired) electrons. The number of carbonyl (C=O) groups is 1. The summed E-state index contributed by atoms with van der Waals surface area (Å²) in [5.41, 5.74) is 1.41. The quantitative estimate of drug-likeness (QED) is 0.269. The predicted octanol–water partition coefficient (Wildman–Crippen LogP) is 4.26. The third-order valence-electron chi connectivity index (χ3n) is 5.23. The number of halogens is 1. The Morgan fingerprint density at radius 1 is 1.12 bits per heavy atom. The van der Waals surface area contributed by atoms with E-state index in [-0.39, 0.29) is 22.9 Å². The van der Waals surface area contributed by atoms with Crippen LogP contribution < -0.4 is 15.5 Å². The summed E-state index contributed by atoms with van der Waals surface area (Å²) in [6, 6.07) is 15.8. The Kier molecular flexibility index (Phi) is 7.56. The molecule has 2 heterocycles. The van der Waals surface area contributed by atoms with Gasteiger partial charge in [-0.05, 0) is 48.6 Å². The molecule has 0 atom stereocenters. The number of nitrogens with zero attached hydrogens (tertiary/aromatic N) is 2. The van der Waals surface area contributed by atoms with Gasteiger partial charge in [-0.25, -0.2) is 0 Å². The number of benzene rings is 2. The minimum absolute atomic E-state index is 0.0894. The molecule has 1 aromatic heterocycles. The maximum Gasteiger partial charge on any atom is 0.293 e. The predicted molar refractivity (Wildman–Crippen MR) is 135 cm³/mol. The van der Waals surface area contributed by atoms with Crippen molar-refractivity contribution >= 4 is 50.5 Å². The average molecular weight is 545 g/mol. The summed E-state index contributed by atoms with van der Waals surface area (Å²) in [7, 11) is 0. The molecule has 2 N–H and O–H groups in total. The molecular formula is C23H21BrN4O5S. The Morgan fingerprint density at radius 2 is 1.85 bits per heavy atom. The van der Waals surface area contributed by atoms with Gasteiger partial charge in [0.05, 0.1) is 24.7 Å². The smallest absolute Gasteiger partial charge is 0.293 e. The number of rotatable bonds is 6. The van der Waals surface area contributed by atoms with E-state index in [1.165, 1.54) is 6.07 Å². The van der Waals surface area contributed by atoms with Gasteiger partial charge in [-0.15, -0.1) is 0 Å². The first-order chi connectivity index (χ1) is 16.4. The zero-order chi connectivity index (χ0) is 24.1. The van der Waals surface area contributed by atoms with Crippen LogP contribution in [0.1, 0.15) is 16.1 Å². The van der Waals surface area contributed by atoms with Crippen molar-refractivity contribution in [3.05, 3.63) is 80.5 Å². The topological polar surface area (TPSA) is 110 Å². The molecule has 1 amide bonds. The van der Waals surface area contributed by atoms with Gasteiger partial charge in [-0.3, -0.25) is 20.2 Å². The molecule has 34 heavy (non-hydrogen) atoms. The zero-order valence-corrected chi connectivity index (χ0v) is 20.4. The highest BCUT2D eigenvalue weighted by Crippen LogP contribution is 2.30. The molecule has 1 aliphatic heterocycles. The van der Waals surface area contributed by atoms with E-state index in [4.69, 9.17) is 21.4 Å². The van der Waals surface area contributed by atoms with Crippen LogP contribution in [0.15, 0.2) is 63.5 Å². The van der Waals surface area contributed by atoms with E-state index in [0.717, 1.165) is 10.0 Å². The molecule has 176 valence electrons. The van der Waals surface area contributed by atoms with E-state index in [1.807, 2.05) is 41.3 Å². The van der Waals surface area contributed by atoms with Crippen molar-refractivity contribution < 1.29 is 18.9 Å². The molecule has 0 aliphatic carbocycles. The first-order valence-electron chi connectivity index (χ1n) is 10.5. The molecule has 4 rings (SSSR count). The van der Waals surface area contributed by atoms with Gasteiger partial charge in [0, 0.05) is 34.8 Å². The lowest BCUT2D eigenvalue weighted by molar-refractivity contribution is -0.384. The number of thiocarbonyl (C=S) groups is 1. The van der Waals surface area contributed by atoms with Crippen molar-refractivity contribution in [2.45, 2.75) is 6.54 Å². The van der Waals surface area contributed by atoms with Crippen LogP contribution in [0.3, 0.4) is 0 Å². The summed E-state index contributed by atoms with van der Waals surface area (Å²) in [6.07, 6.45) is 0. The Hall–Kier alpha value is -3.28. The Balaban J connectivity index is 1.36. The molecule has 0 bridgehead atoms. The monoisotopic (exact) mass is 544 g/mol. The summed E-state index contributed by atoms with van der Waals surface area (Å²) in [5, 5.41) is 17.2. The first-order valence-corrected chi connectivity index (χ1v) is 11.7. The minimum atomic E-state index is -0.538. The van der Waals surface area contributed by atoms with Crippen molar-refractivity contribution in [2.75, 3.05) is 31.2 Å². The number of hydrogen-bond acceptors (Lipinski definition) is 7. The van der Waals surface area contributed by atoms with E-state index < -0.39 is 10.8 Å². The standard InChI is InChI=1S/C23H21BrN4O5S/c24-17-4-1-15(2-5-17)21-8-6-18(33-21)14-25-23(34)26-22(29)16-3-7-19(20(13-16)28(30)31)27-9-11-32-12-10-27/h1-8,13H,9-12,14H2,(H2,25,26,29,34). The number of carbonyl (C=O) groups excluding carboxylic acids is 1. The van der Waals surface area contributed by atoms with E-state index in [1.54, 1.807) is 12.1 Å². The Labute approximate surface area is 209 Å². The van der Waals surface area contributed by atoms with Crippen molar-refractivity contribution in [1.29, 1.82) is 0 Å². The first kappa shape index (κ1) is 23.9. The molecule has 0 saturated carbocycles. The van der Waals surface area contributed by atoms with Crippen molar-refractivity contribution in [3.63, 3.8) is 0 Å². The van der Waals surface area contributed by atoms with Crippen LogP contribution in [0.4, 0.5) is 11.4 Å². The number of hydrogen-bond donors (Lipinski definition) is 2. The van der Waals surface area contributed by atoms with Crippen molar-refractivity contribution in [1.82, 2.24) is 10.6 Å². The lowest BCUT2D eigenvalue weighted by Gasteiger charge is -2.28. The van der Waals surface area contributed by atoms with Gasteiger partial charge in [-0.2, -0.15) is 0 Å². The second kappa shape index (κ2) is 10.8. The number of amides is 1. The molecule has 2 aromatic carbocycles. The number of ether oxygens (including phenoxy) is 1.